The van der Waals surface area contributed by atoms with Crippen LogP contribution in [0, 0.1) is 0 Å². The minimum absolute atomic E-state index is 0.216. The zero-order valence-electron chi connectivity index (χ0n) is 16.5. The molecule has 1 heterocycles. The minimum Gasteiger partial charge on any atom is -0.347 e. The van der Waals surface area contributed by atoms with Gasteiger partial charge in [-0.2, -0.15) is 0 Å². The van der Waals surface area contributed by atoms with E-state index < -0.39 is 0 Å². The van der Waals surface area contributed by atoms with Crippen molar-refractivity contribution in [1.82, 2.24) is 25.2 Å². The van der Waals surface area contributed by atoms with E-state index in [9.17, 15) is 4.79 Å². The number of carbonyl (C=O) groups excluding carboxylic acids is 1. The van der Waals surface area contributed by atoms with Crippen LogP contribution in [0.4, 0.5) is 0 Å². The molecule has 0 atom stereocenters. The lowest BCUT2D eigenvalue weighted by Gasteiger charge is -2.18. The third kappa shape index (κ3) is 5.50. The fraction of sp³-hybridized carbons (Fsp3) is 0.318. The van der Waals surface area contributed by atoms with Gasteiger partial charge in [0, 0.05) is 13.1 Å². The smallest absolute Gasteiger partial charge is 0.273 e. The Hall–Kier alpha value is -2.99. The largest absolute Gasteiger partial charge is 0.347 e. The fourth-order valence-corrected chi connectivity index (χ4v) is 2.99. The molecule has 28 heavy (non-hydrogen) atoms. The van der Waals surface area contributed by atoms with Crippen molar-refractivity contribution in [3.8, 4) is 0 Å². The summed E-state index contributed by atoms with van der Waals surface area (Å²) in [6.07, 6.45) is 1.68. The van der Waals surface area contributed by atoms with Gasteiger partial charge in [0.25, 0.3) is 5.91 Å². The van der Waals surface area contributed by atoms with Crippen molar-refractivity contribution < 1.29 is 4.79 Å². The summed E-state index contributed by atoms with van der Waals surface area (Å²) in [6, 6.07) is 18.3. The van der Waals surface area contributed by atoms with Crippen LogP contribution in [0.25, 0.3) is 0 Å². The summed E-state index contributed by atoms with van der Waals surface area (Å²) in [5, 5.41) is 10.9. The molecule has 0 fully saturated rings. The highest BCUT2D eigenvalue weighted by Crippen LogP contribution is 2.08. The monoisotopic (exact) mass is 377 g/mol. The summed E-state index contributed by atoms with van der Waals surface area (Å²) >= 11 is 0. The highest BCUT2D eigenvalue weighted by molar-refractivity contribution is 5.91. The lowest BCUT2D eigenvalue weighted by atomic mass is 10.1. The molecule has 0 aliphatic carbocycles. The highest BCUT2D eigenvalue weighted by Gasteiger charge is 2.11. The summed E-state index contributed by atoms with van der Waals surface area (Å²) in [4.78, 5) is 14.7. The second kappa shape index (κ2) is 9.80. The lowest BCUT2D eigenvalue weighted by molar-refractivity contribution is 0.0946. The van der Waals surface area contributed by atoms with Gasteiger partial charge in [0.2, 0.25) is 0 Å². The first-order valence-electron chi connectivity index (χ1n) is 9.70. The van der Waals surface area contributed by atoms with Gasteiger partial charge in [0.05, 0.1) is 12.7 Å². The summed E-state index contributed by atoms with van der Waals surface area (Å²) in [5.41, 5.74) is 3.79. The number of amides is 1. The van der Waals surface area contributed by atoms with Crippen molar-refractivity contribution >= 4 is 5.91 Å². The van der Waals surface area contributed by atoms with E-state index in [0.29, 0.717) is 18.8 Å². The van der Waals surface area contributed by atoms with Crippen LogP contribution in [-0.2, 0) is 19.6 Å². The molecule has 6 heteroatoms. The van der Waals surface area contributed by atoms with Crippen LogP contribution in [0.2, 0.25) is 0 Å². The maximum Gasteiger partial charge on any atom is 0.273 e. The first-order chi connectivity index (χ1) is 13.7. The van der Waals surface area contributed by atoms with Crippen molar-refractivity contribution in [2.45, 2.75) is 33.5 Å². The highest BCUT2D eigenvalue weighted by atomic mass is 16.2. The van der Waals surface area contributed by atoms with E-state index in [1.54, 1.807) is 10.9 Å². The van der Waals surface area contributed by atoms with E-state index >= 15 is 0 Å². The average molecular weight is 377 g/mol. The van der Waals surface area contributed by atoms with Gasteiger partial charge in [-0.15, -0.1) is 5.10 Å². The first kappa shape index (κ1) is 19.8. The van der Waals surface area contributed by atoms with Crippen LogP contribution < -0.4 is 5.32 Å². The Morgan fingerprint density at radius 3 is 2.32 bits per heavy atom. The summed E-state index contributed by atoms with van der Waals surface area (Å²) in [7, 11) is 0. The maximum absolute atomic E-state index is 12.3. The molecule has 6 nitrogen and oxygen atoms in total. The molecule has 2 aromatic carbocycles. The van der Waals surface area contributed by atoms with Gasteiger partial charge in [0.15, 0.2) is 5.69 Å². The zero-order chi connectivity index (χ0) is 19.8. The number of hydrogen-bond donors (Lipinski definition) is 1. The molecule has 3 aromatic rings. The van der Waals surface area contributed by atoms with E-state index in [-0.39, 0.29) is 5.91 Å². The van der Waals surface area contributed by atoms with Crippen LogP contribution in [0.1, 0.15) is 41.0 Å². The Kier molecular flexibility index (Phi) is 6.92. The van der Waals surface area contributed by atoms with E-state index in [0.717, 1.165) is 30.8 Å². The van der Waals surface area contributed by atoms with Crippen LogP contribution in [0.3, 0.4) is 0 Å². The maximum atomic E-state index is 12.3. The Labute approximate surface area is 166 Å². The van der Waals surface area contributed by atoms with Crippen LogP contribution in [0.5, 0.6) is 0 Å². The van der Waals surface area contributed by atoms with Gasteiger partial charge >= 0.3 is 0 Å². The third-order valence-electron chi connectivity index (χ3n) is 4.74. The van der Waals surface area contributed by atoms with E-state index in [2.05, 4.69) is 58.6 Å². The quantitative estimate of drug-likeness (QED) is 0.622. The van der Waals surface area contributed by atoms with Gasteiger partial charge in [-0.25, -0.2) is 4.68 Å². The molecule has 0 radical (unpaired) electrons. The predicted molar refractivity (Wildman–Crippen MR) is 110 cm³/mol. The second-order valence-corrected chi connectivity index (χ2v) is 6.75. The van der Waals surface area contributed by atoms with E-state index in [1.165, 1.54) is 5.56 Å². The Bertz CT molecular complexity index is 869. The van der Waals surface area contributed by atoms with E-state index in [4.69, 9.17) is 0 Å². The number of carbonyl (C=O) groups is 1. The average Bonchev–Trinajstić information content (AvgIpc) is 3.20. The SMILES string of the molecule is CCN(CC)Cc1ccc(CNC(=O)c2cn(Cc3ccccc3)nn2)cc1. The Morgan fingerprint density at radius 2 is 1.64 bits per heavy atom. The number of rotatable bonds is 9. The molecule has 0 unspecified atom stereocenters. The Balaban J connectivity index is 1.51. The summed E-state index contributed by atoms with van der Waals surface area (Å²) in [6.45, 7) is 8.43. The zero-order valence-corrected chi connectivity index (χ0v) is 16.5. The number of aromatic nitrogens is 3. The molecule has 0 aliphatic heterocycles. The summed E-state index contributed by atoms with van der Waals surface area (Å²) < 4.78 is 1.67. The van der Waals surface area contributed by atoms with Crippen LogP contribution in [-0.4, -0.2) is 38.9 Å². The molecule has 0 saturated carbocycles. The van der Waals surface area contributed by atoms with Crippen molar-refractivity contribution in [2.75, 3.05) is 13.1 Å². The lowest BCUT2D eigenvalue weighted by Crippen LogP contribution is -2.23. The van der Waals surface area contributed by atoms with Crippen LogP contribution >= 0.6 is 0 Å². The van der Waals surface area contributed by atoms with E-state index in [1.807, 2.05) is 30.3 Å². The first-order valence-corrected chi connectivity index (χ1v) is 9.70. The summed E-state index contributed by atoms with van der Waals surface area (Å²) in [5.74, 6) is -0.216. The van der Waals surface area contributed by atoms with Crippen molar-refractivity contribution in [1.29, 1.82) is 0 Å². The van der Waals surface area contributed by atoms with Gasteiger partial charge < -0.3 is 5.32 Å². The molecule has 0 saturated heterocycles. The molecule has 1 amide bonds. The second-order valence-electron chi connectivity index (χ2n) is 6.75. The molecular weight excluding hydrogens is 350 g/mol. The van der Waals surface area contributed by atoms with Gasteiger partial charge in [0.1, 0.15) is 0 Å². The number of hydrogen-bond acceptors (Lipinski definition) is 4. The molecule has 146 valence electrons. The van der Waals surface area contributed by atoms with Crippen molar-refractivity contribution in [3.05, 3.63) is 83.2 Å². The molecule has 3 rings (SSSR count). The van der Waals surface area contributed by atoms with Crippen molar-refractivity contribution in [3.63, 3.8) is 0 Å². The number of nitrogens with zero attached hydrogens (tertiary/aromatic N) is 4. The van der Waals surface area contributed by atoms with Crippen LogP contribution in [0.15, 0.2) is 60.8 Å². The molecule has 0 aliphatic rings. The molecular formula is C22H27N5O. The molecule has 0 bridgehead atoms. The standard InChI is InChI=1S/C22H27N5O/c1-3-26(4-2)15-20-12-10-18(11-13-20)14-23-22(28)21-17-27(25-24-21)16-19-8-6-5-7-9-19/h5-13,17H,3-4,14-16H2,1-2H3,(H,23,28). The topological polar surface area (TPSA) is 63.1 Å². The fourth-order valence-electron chi connectivity index (χ4n) is 2.99. The van der Waals surface area contributed by atoms with Gasteiger partial charge in [-0.3, -0.25) is 9.69 Å². The van der Waals surface area contributed by atoms with Crippen molar-refractivity contribution in [2.24, 2.45) is 0 Å². The van der Waals surface area contributed by atoms with Gasteiger partial charge in [-0.1, -0.05) is 73.7 Å². The normalized spacial score (nSPS) is 11.0. The number of benzene rings is 2. The predicted octanol–water partition coefficient (Wildman–Crippen LogP) is 3.10. The Morgan fingerprint density at radius 1 is 0.964 bits per heavy atom. The molecule has 1 N–H and O–H groups in total. The molecule has 1 aromatic heterocycles. The molecule has 0 spiro atoms. The third-order valence-corrected chi connectivity index (χ3v) is 4.74. The number of nitrogens with one attached hydrogen (secondary N) is 1. The minimum atomic E-state index is -0.216. The van der Waals surface area contributed by atoms with Gasteiger partial charge in [-0.05, 0) is 29.8 Å².